The second kappa shape index (κ2) is 7.03. The normalized spacial score (nSPS) is 20.2. The first-order valence-electron chi connectivity index (χ1n) is 9.24. The van der Waals surface area contributed by atoms with E-state index in [0.717, 1.165) is 30.8 Å². The van der Waals surface area contributed by atoms with Crippen LogP contribution < -0.4 is 5.56 Å². The van der Waals surface area contributed by atoms with Gasteiger partial charge in [0.05, 0.1) is 18.8 Å². The summed E-state index contributed by atoms with van der Waals surface area (Å²) in [6.45, 7) is 5.13. The van der Waals surface area contributed by atoms with E-state index in [1.807, 2.05) is 11.0 Å². The number of rotatable bonds is 3. The topological polar surface area (TPSA) is 69.3 Å². The number of aromatic nitrogens is 2. The highest BCUT2D eigenvalue weighted by Gasteiger charge is 2.29. The van der Waals surface area contributed by atoms with Gasteiger partial charge in [-0.25, -0.2) is 4.98 Å². The van der Waals surface area contributed by atoms with Gasteiger partial charge in [0.2, 0.25) is 5.91 Å². The average Bonchev–Trinajstić information content (AvgIpc) is 3.10. The standard InChI is InChI=1S/C20H24N4O2/c1-14-21-18-12-24(10-8-17(18)20(26)22-14)19(25)13-23-9-7-16(11-23)15-5-3-2-4-6-15/h2-6,16H,7-13H2,1H3,(H,21,22,26)/t16-/m0/s1. The zero-order valence-corrected chi connectivity index (χ0v) is 15.1. The van der Waals surface area contributed by atoms with Crippen LogP contribution in [-0.4, -0.2) is 51.9 Å². The van der Waals surface area contributed by atoms with Crippen molar-refractivity contribution in [3.05, 3.63) is 63.3 Å². The molecule has 0 aliphatic carbocycles. The first-order valence-corrected chi connectivity index (χ1v) is 9.24. The molecule has 136 valence electrons. The van der Waals surface area contributed by atoms with E-state index >= 15 is 0 Å². The van der Waals surface area contributed by atoms with Gasteiger partial charge in [-0.3, -0.25) is 14.5 Å². The molecule has 0 radical (unpaired) electrons. The summed E-state index contributed by atoms with van der Waals surface area (Å²) in [5.41, 5.74) is 2.76. The number of hydrogen-bond acceptors (Lipinski definition) is 4. The van der Waals surface area contributed by atoms with Gasteiger partial charge in [0.1, 0.15) is 5.82 Å². The Morgan fingerprint density at radius 2 is 2.08 bits per heavy atom. The summed E-state index contributed by atoms with van der Waals surface area (Å²) < 4.78 is 0. The largest absolute Gasteiger partial charge is 0.335 e. The number of carbonyl (C=O) groups excluding carboxylic acids is 1. The molecule has 6 nitrogen and oxygen atoms in total. The van der Waals surface area contributed by atoms with Crippen molar-refractivity contribution in [2.45, 2.75) is 32.2 Å². The van der Waals surface area contributed by atoms with Crippen molar-refractivity contribution >= 4 is 5.91 Å². The molecule has 2 aliphatic heterocycles. The summed E-state index contributed by atoms with van der Waals surface area (Å²) in [5.74, 6) is 1.24. The molecule has 1 fully saturated rings. The lowest BCUT2D eigenvalue weighted by Gasteiger charge is -2.29. The third-order valence-electron chi connectivity index (χ3n) is 5.45. The van der Waals surface area contributed by atoms with Gasteiger partial charge in [0.15, 0.2) is 0 Å². The lowest BCUT2D eigenvalue weighted by molar-refractivity contribution is -0.133. The Hall–Kier alpha value is -2.47. The molecular weight excluding hydrogens is 328 g/mol. The van der Waals surface area contributed by atoms with Gasteiger partial charge in [-0.1, -0.05) is 30.3 Å². The van der Waals surface area contributed by atoms with Crippen molar-refractivity contribution in [1.29, 1.82) is 0 Å². The molecule has 3 heterocycles. The minimum Gasteiger partial charge on any atom is -0.335 e. The molecule has 1 N–H and O–H groups in total. The number of nitrogens with zero attached hydrogens (tertiary/aromatic N) is 3. The highest BCUT2D eigenvalue weighted by molar-refractivity contribution is 5.78. The second-order valence-corrected chi connectivity index (χ2v) is 7.27. The molecule has 1 aromatic carbocycles. The number of H-pyrrole nitrogens is 1. The summed E-state index contributed by atoms with van der Waals surface area (Å²) in [7, 11) is 0. The molecule has 6 heteroatoms. The molecular formula is C20H24N4O2. The molecule has 0 spiro atoms. The quantitative estimate of drug-likeness (QED) is 0.908. The number of amides is 1. The van der Waals surface area contributed by atoms with Crippen LogP contribution in [0.3, 0.4) is 0 Å². The number of benzene rings is 1. The van der Waals surface area contributed by atoms with Gasteiger partial charge in [0, 0.05) is 18.7 Å². The van der Waals surface area contributed by atoms with Gasteiger partial charge in [-0.15, -0.1) is 0 Å². The van der Waals surface area contributed by atoms with Crippen LogP contribution in [0.15, 0.2) is 35.1 Å². The number of aromatic amines is 1. The van der Waals surface area contributed by atoms with E-state index in [2.05, 4.69) is 39.1 Å². The van der Waals surface area contributed by atoms with Crippen LogP contribution in [0.4, 0.5) is 0 Å². The third kappa shape index (κ3) is 3.42. The molecule has 2 aliphatic rings. The van der Waals surface area contributed by atoms with Crippen molar-refractivity contribution < 1.29 is 4.79 Å². The highest BCUT2D eigenvalue weighted by Crippen LogP contribution is 2.27. The van der Waals surface area contributed by atoms with Crippen molar-refractivity contribution in [1.82, 2.24) is 19.8 Å². The molecule has 1 atom stereocenters. The van der Waals surface area contributed by atoms with Crippen molar-refractivity contribution in [3.63, 3.8) is 0 Å². The van der Waals surface area contributed by atoms with E-state index in [4.69, 9.17) is 0 Å². The van der Waals surface area contributed by atoms with E-state index in [-0.39, 0.29) is 11.5 Å². The third-order valence-corrected chi connectivity index (χ3v) is 5.45. The Kier molecular flexibility index (Phi) is 4.59. The Morgan fingerprint density at radius 1 is 1.27 bits per heavy atom. The molecule has 2 aromatic rings. The number of carbonyl (C=O) groups is 1. The van der Waals surface area contributed by atoms with Crippen molar-refractivity contribution in [2.75, 3.05) is 26.2 Å². The number of nitrogens with one attached hydrogen (secondary N) is 1. The lowest BCUT2D eigenvalue weighted by Crippen LogP contribution is -2.43. The van der Waals surface area contributed by atoms with E-state index < -0.39 is 0 Å². The van der Waals surface area contributed by atoms with Gasteiger partial charge >= 0.3 is 0 Å². The Morgan fingerprint density at radius 3 is 2.88 bits per heavy atom. The first-order chi connectivity index (χ1) is 12.6. The molecule has 0 bridgehead atoms. The van der Waals surface area contributed by atoms with Crippen LogP contribution in [-0.2, 0) is 17.8 Å². The van der Waals surface area contributed by atoms with E-state index in [1.54, 1.807) is 6.92 Å². The first kappa shape index (κ1) is 17.0. The van der Waals surface area contributed by atoms with E-state index in [0.29, 0.717) is 37.8 Å². The van der Waals surface area contributed by atoms with Crippen molar-refractivity contribution in [3.8, 4) is 0 Å². The fourth-order valence-electron chi connectivity index (χ4n) is 4.04. The maximum Gasteiger partial charge on any atom is 0.254 e. The Labute approximate surface area is 152 Å². The zero-order chi connectivity index (χ0) is 18.1. The fraction of sp³-hybridized carbons (Fsp3) is 0.450. The number of aryl methyl sites for hydroxylation is 1. The van der Waals surface area contributed by atoms with Gasteiger partial charge in [-0.2, -0.15) is 0 Å². The van der Waals surface area contributed by atoms with Crippen LogP contribution in [0.1, 0.15) is 35.0 Å². The maximum absolute atomic E-state index is 12.7. The van der Waals surface area contributed by atoms with E-state index in [1.165, 1.54) is 5.56 Å². The Bertz CT molecular complexity index is 862. The smallest absolute Gasteiger partial charge is 0.254 e. The van der Waals surface area contributed by atoms with Gasteiger partial charge in [0.25, 0.3) is 5.56 Å². The number of likely N-dealkylation sites (tertiary alicyclic amines) is 1. The molecule has 4 rings (SSSR count). The monoisotopic (exact) mass is 352 g/mol. The molecule has 0 unspecified atom stereocenters. The average molecular weight is 352 g/mol. The SMILES string of the molecule is Cc1nc2c(c(=O)[nH]1)CCN(C(=O)CN1CC[C@H](c3ccccc3)C1)C2. The van der Waals surface area contributed by atoms with Crippen LogP contribution in [0, 0.1) is 6.92 Å². The zero-order valence-electron chi connectivity index (χ0n) is 15.1. The lowest BCUT2D eigenvalue weighted by atomic mass is 9.99. The molecule has 1 amide bonds. The van der Waals surface area contributed by atoms with Crippen LogP contribution in [0.25, 0.3) is 0 Å². The molecule has 1 saturated heterocycles. The van der Waals surface area contributed by atoms with Crippen LogP contribution >= 0.6 is 0 Å². The summed E-state index contributed by atoms with van der Waals surface area (Å²) in [6.07, 6.45) is 1.67. The van der Waals surface area contributed by atoms with Crippen LogP contribution in [0.2, 0.25) is 0 Å². The second-order valence-electron chi connectivity index (χ2n) is 7.27. The summed E-state index contributed by atoms with van der Waals surface area (Å²) >= 11 is 0. The molecule has 1 aromatic heterocycles. The minimum absolute atomic E-state index is 0.0650. The minimum atomic E-state index is -0.0650. The van der Waals surface area contributed by atoms with Crippen molar-refractivity contribution in [2.24, 2.45) is 0 Å². The maximum atomic E-state index is 12.7. The summed E-state index contributed by atoms with van der Waals surface area (Å²) in [5, 5.41) is 0. The fourth-order valence-corrected chi connectivity index (χ4v) is 4.04. The number of hydrogen-bond donors (Lipinski definition) is 1. The molecule has 26 heavy (non-hydrogen) atoms. The predicted molar refractivity (Wildman–Crippen MR) is 99.0 cm³/mol. The van der Waals surface area contributed by atoms with Gasteiger partial charge in [-0.05, 0) is 37.8 Å². The number of fused-ring (bicyclic) bond motifs is 1. The predicted octanol–water partition coefficient (Wildman–Crippen LogP) is 1.45. The van der Waals surface area contributed by atoms with Gasteiger partial charge < -0.3 is 9.88 Å². The van der Waals surface area contributed by atoms with Crippen LogP contribution in [0.5, 0.6) is 0 Å². The summed E-state index contributed by atoms with van der Waals surface area (Å²) in [4.78, 5) is 36.0. The highest BCUT2D eigenvalue weighted by atomic mass is 16.2. The van der Waals surface area contributed by atoms with E-state index in [9.17, 15) is 9.59 Å². The summed E-state index contributed by atoms with van der Waals surface area (Å²) in [6, 6.07) is 10.5. The molecule has 0 saturated carbocycles. The Balaban J connectivity index is 1.38.